The number of nitrogens with zero attached hydrogens (tertiary/aromatic N) is 3. The molecule has 0 fully saturated rings. The Bertz CT molecular complexity index is 3830. The third-order valence-electron chi connectivity index (χ3n) is 18.1. The zero-order valence-corrected chi connectivity index (χ0v) is 44.0. The second-order valence-corrected chi connectivity index (χ2v) is 22.9. The van der Waals surface area contributed by atoms with Crippen LogP contribution in [0.3, 0.4) is 0 Å². The number of hydrogen-bond donors (Lipinski definition) is 0. The lowest BCUT2D eigenvalue weighted by molar-refractivity contribution is -0.953. The summed E-state index contributed by atoms with van der Waals surface area (Å²) in [6.45, 7) is 10.4. The first-order chi connectivity index (χ1) is 38.1. The van der Waals surface area contributed by atoms with Crippen molar-refractivity contribution in [2.24, 2.45) is 0 Å². The molecule has 0 aromatic heterocycles. The lowest BCUT2D eigenvalue weighted by atomic mass is 9.88. The average molecular weight is 995 g/mol. The van der Waals surface area contributed by atoms with Gasteiger partial charge in [-0.1, -0.05) is 218 Å². The van der Waals surface area contributed by atoms with Crippen molar-refractivity contribution < 1.29 is 4.48 Å². The molecule has 3 heteroatoms. The van der Waals surface area contributed by atoms with Crippen molar-refractivity contribution >= 4 is 64.6 Å². The van der Waals surface area contributed by atoms with E-state index in [1.165, 1.54) is 144 Å². The summed E-state index contributed by atoms with van der Waals surface area (Å²) in [5.74, 6) is 0. The molecule has 0 bridgehead atoms. The molecule has 77 heavy (non-hydrogen) atoms. The summed E-state index contributed by atoms with van der Waals surface area (Å²) in [6, 6.07) is 83.3. The van der Waals surface area contributed by atoms with Crippen LogP contribution < -0.4 is 0 Å². The van der Waals surface area contributed by atoms with E-state index in [9.17, 15) is 0 Å². The van der Waals surface area contributed by atoms with Gasteiger partial charge in [-0.25, -0.2) is 0 Å². The van der Waals surface area contributed by atoms with Crippen LogP contribution in [-0.4, -0.2) is 40.5 Å². The summed E-state index contributed by atoms with van der Waals surface area (Å²) in [4.78, 5) is 5.51. The third-order valence-corrected chi connectivity index (χ3v) is 18.1. The number of unbranched alkanes of at least 4 members (excludes halogenated alkanes) is 2. The van der Waals surface area contributed by atoms with Gasteiger partial charge in [-0.05, 0) is 159 Å². The Morgan fingerprint density at radius 2 is 0.481 bits per heavy atom. The molecule has 0 atom stereocenters. The Labute approximate surface area is 452 Å². The number of benzene rings is 12. The maximum atomic E-state index is 2.76. The van der Waals surface area contributed by atoms with Crippen molar-refractivity contribution in [2.75, 3.05) is 26.2 Å². The fraction of sp³-hybridized carbons (Fsp3) is 0.189. The molecule has 12 aromatic carbocycles. The lowest BCUT2D eigenvalue weighted by Crippen LogP contribution is -2.48. The normalized spacial score (nSPS) is 15.1. The highest BCUT2D eigenvalue weighted by Crippen LogP contribution is 2.47. The van der Waals surface area contributed by atoms with Crippen LogP contribution in [0.15, 0.2) is 218 Å². The van der Waals surface area contributed by atoms with Gasteiger partial charge in [-0.2, -0.15) is 0 Å². The minimum absolute atomic E-state index is 0.960. The first-order valence-electron chi connectivity index (χ1n) is 28.5. The van der Waals surface area contributed by atoms with Crippen LogP contribution in [0.1, 0.15) is 59.1 Å². The van der Waals surface area contributed by atoms with E-state index in [0.717, 1.165) is 82.8 Å². The molecule has 374 valence electrons. The summed E-state index contributed by atoms with van der Waals surface area (Å²) >= 11 is 0. The van der Waals surface area contributed by atoms with Crippen LogP contribution in [0, 0.1) is 0 Å². The van der Waals surface area contributed by atoms with Crippen LogP contribution in [0.5, 0.6) is 0 Å². The molecule has 3 heterocycles. The van der Waals surface area contributed by atoms with Crippen LogP contribution in [0.2, 0.25) is 0 Å². The van der Waals surface area contributed by atoms with Crippen LogP contribution in [0.25, 0.3) is 98.0 Å². The molecule has 0 radical (unpaired) electrons. The van der Waals surface area contributed by atoms with E-state index in [1.54, 1.807) is 0 Å². The number of rotatable bonds is 10. The topological polar surface area (TPSA) is 6.48 Å². The van der Waals surface area contributed by atoms with E-state index >= 15 is 0 Å². The van der Waals surface area contributed by atoms with Crippen LogP contribution in [-0.2, 0) is 39.3 Å². The lowest BCUT2D eigenvalue weighted by Gasteiger charge is -2.39. The predicted octanol–water partition coefficient (Wildman–Crippen LogP) is 18.0. The Morgan fingerprint density at radius 3 is 0.753 bits per heavy atom. The molecule has 3 nitrogen and oxygen atoms in total. The Morgan fingerprint density at radius 1 is 0.247 bits per heavy atom. The Balaban J connectivity index is 0.751. The van der Waals surface area contributed by atoms with E-state index in [4.69, 9.17) is 0 Å². The van der Waals surface area contributed by atoms with Crippen molar-refractivity contribution in [3.05, 3.63) is 252 Å². The van der Waals surface area contributed by atoms with Crippen molar-refractivity contribution in [2.45, 2.75) is 65.0 Å². The van der Waals surface area contributed by atoms with Gasteiger partial charge < -0.3 is 4.48 Å². The van der Waals surface area contributed by atoms with Crippen LogP contribution >= 0.6 is 0 Å². The number of quaternary nitrogens is 1. The summed E-state index contributed by atoms with van der Waals surface area (Å²) < 4.78 is 1.07. The predicted molar refractivity (Wildman–Crippen MR) is 325 cm³/mol. The van der Waals surface area contributed by atoms with Gasteiger partial charge >= 0.3 is 0 Å². The quantitative estimate of drug-likeness (QED) is 0.0995. The SMILES string of the molecule is c1ccc2c3c(ccc2c1)CN(CCCC[N+]1(CCCCN2Cc4ccc5ccccc5c4-c4c(ccc5ccccc45)C2)Cc2ccc4ccccc4c2-c2c(ccc4ccccc24)C1)Cc1ccc2ccccc2c1-3. The molecule has 15 rings (SSSR count). The zero-order chi connectivity index (χ0) is 50.9. The van der Waals surface area contributed by atoms with Gasteiger partial charge in [-0.15, -0.1) is 0 Å². The van der Waals surface area contributed by atoms with Crippen molar-refractivity contribution in [3.8, 4) is 33.4 Å². The second kappa shape index (κ2) is 19.3. The summed E-state index contributed by atoms with van der Waals surface area (Å²) in [5.41, 5.74) is 17.4. The monoisotopic (exact) mass is 995 g/mol. The second-order valence-electron chi connectivity index (χ2n) is 22.9. The fourth-order valence-electron chi connectivity index (χ4n) is 14.6. The largest absolute Gasteiger partial charge is 0.316 e. The Hall–Kier alpha value is -7.92. The van der Waals surface area contributed by atoms with E-state index in [2.05, 4.69) is 228 Å². The minimum atomic E-state index is 0.960. The highest BCUT2D eigenvalue weighted by Gasteiger charge is 2.35. The fourth-order valence-corrected chi connectivity index (χ4v) is 14.6. The molecule has 0 spiro atoms. The third kappa shape index (κ3) is 8.23. The molecule has 3 aliphatic rings. The highest BCUT2D eigenvalue weighted by molar-refractivity contribution is 6.10. The number of hydrogen-bond acceptors (Lipinski definition) is 2. The average Bonchev–Trinajstić information content (AvgIpc) is 3.93. The molecule has 0 saturated heterocycles. The molecular weight excluding hydrogens is 931 g/mol. The van der Waals surface area contributed by atoms with Gasteiger partial charge in [0.1, 0.15) is 13.1 Å². The van der Waals surface area contributed by atoms with E-state index in [-0.39, 0.29) is 0 Å². The van der Waals surface area contributed by atoms with Crippen LogP contribution in [0.4, 0.5) is 0 Å². The molecule has 3 aliphatic heterocycles. The molecule has 12 aromatic rings. The van der Waals surface area contributed by atoms with E-state index in [0.29, 0.717) is 0 Å². The van der Waals surface area contributed by atoms with Gasteiger partial charge in [0.15, 0.2) is 0 Å². The summed E-state index contributed by atoms with van der Waals surface area (Å²) in [7, 11) is 0. The molecule has 0 saturated carbocycles. The van der Waals surface area contributed by atoms with Gasteiger partial charge in [0, 0.05) is 37.3 Å². The summed E-state index contributed by atoms with van der Waals surface area (Å²) in [5, 5.41) is 16.2. The zero-order valence-electron chi connectivity index (χ0n) is 44.0. The van der Waals surface area contributed by atoms with E-state index < -0.39 is 0 Å². The molecule has 0 aliphatic carbocycles. The maximum absolute atomic E-state index is 2.76. The molecule has 0 amide bonds. The minimum Gasteiger partial charge on any atom is -0.316 e. The van der Waals surface area contributed by atoms with Gasteiger partial charge in [0.05, 0.1) is 13.1 Å². The standard InChI is InChI=1S/C74H64N3/c1-7-23-63-51(17-1)29-35-57-45-75(46-58-36-30-52-18-2-8-24-64(52)70(58)69(57)63)41-13-15-43-77(49-61-39-33-55-21-5-11-27-67(55)73(61)74-62(50-77)40-34-56-22-6-12-28-68(56)74)44-16-14-42-76-47-59-37-31-53-19-3-9-25-65(53)71(59)72-60(48-76)38-32-54-20-4-10-26-66(54)72/h1-12,17-40H,13-16,41-50H2/q+1. The highest BCUT2D eigenvalue weighted by atomic mass is 15.4. The van der Waals surface area contributed by atoms with Crippen molar-refractivity contribution in [1.29, 1.82) is 0 Å². The molecule has 0 unspecified atom stereocenters. The van der Waals surface area contributed by atoms with Crippen molar-refractivity contribution in [3.63, 3.8) is 0 Å². The first kappa shape index (κ1) is 46.4. The Kier molecular flexibility index (Phi) is 11.6. The maximum Gasteiger partial charge on any atom is 0.105 e. The van der Waals surface area contributed by atoms with Gasteiger partial charge in [0.2, 0.25) is 0 Å². The van der Waals surface area contributed by atoms with Gasteiger partial charge in [-0.3, -0.25) is 9.80 Å². The summed E-state index contributed by atoms with van der Waals surface area (Å²) in [6.07, 6.45) is 4.69. The van der Waals surface area contributed by atoms with E-state index in [1.807, 2.05) is 0 Å². The number of fused-ring (bicyclic) bond motifs is 21. The van der Waals surface area contributed by atoms with Gasteiger partial charge in [0.25, 0.3) is 0 Å². The van der Waals surface area contributed by atoms with Crippen molar-refractivity contribution in [1.82, 2.24) is 9.80 Å². The molecule has 0 N–H and O–H groups in total. The first-order valence-corrected chi connectivity index (χ1v) is 28.5. The molecular formula is C74H64N3+. The smallest absolute Gasteiger partial charge is 0.105 e.